The fourth-order valence-corrected chi connectivity index (χ4v) is 3.86. The largest absolute Gasteiger partial charge is 1.00 e. The summed E-state index contributed by atoms with van der Waals surface area (Å²) in [7, 11) is -8.45. The van der Waals surface area contributed by atoms with E-state index in [1.807, 2.05) is 0 Å². The van der Waals surface area contributed by atoms with E-state index in [1.165, 1.54) is 5.38 Å². The fourth-order valence-electron chi connectivity index (χ4n) is 2.12. The van der Waals surface area contributed by atoms with Crippen LogP contribution in [0.1, 0.15) is 5.69 Å². The molecule has 0 bridgehead atoms. The van der Waals surface area contributed by atoms with Crippen molar-refractivity contribution in [3.8, 4) is 0 Å². The standard InChI is InChI=1S/C10H14N6O9S3.Na/c1-24-15-6(4-3-26-10(11)13-4)8(17)14-7-5(2-25-27(12,19)20)16(9(7)18)28(21,22)23;/h3,5,7H,2H2,1H3,(H2,11,13)(H,14,17)(H2,12,19,20)(H,21,22,23);/q;+1/p-1/b15-6+;/t5-,7+;/m0./s1. The smallest absolute Gasteiger partial charge is 0.857 e. The van der Waals surface area contributed by atoms with Crippen molar-refractivity contribution >= 4 is 54.6 Å². The summed E-state index contributed by atoms with van der Waals surface area (Å²) >= 11 is 0.979. The number of aliphatic imine (C=N–C) groups is 1. The molecule has 156 valence electrons. The molecule has 0 aliphatic carbocycles. The maximum absolute atomic E-state index is 12.4. The van der Waals surface area contributed by atoms with Crippen molar-refractivity contribution in [1.29, 1.82) is 0 Å². The summed E-state index contributed by atoms with van der Waals surface area (Å²) in [5.74, 6) is -2.44. The molecule has 0 unspecified atom stereocenters. The SMILES string of the molecule is CO/N=C(/C([O-])=N[C@H]1C(=O)N(S(=O)(=O)O)[C@H]1COS(N)(=O)=O)c1csc(N)n1.[Na+]. The summed E-state index contributed by atoms with van der Waals surface area (Å²) in [6.07, 6.45) is 0. The van der Waals surface area contributed by atoms with Crippen LogP contribution in [0.4, 0.5) is 5.13 Å². The molecule has 2 rings (SSSR count). The number of nitrogens with two attached hydrogens (primary N) is 2. The topological polar surface area (TPSA) is 240 Å². The van der Waals surface area contributed by atoms with Gasteiger partial charge in [-0.15, -0.1) is 11.3 Å². The molecule has 1 aromatic rings. The Hall–Kier alpha value is -1.38. The number of aromatic nitrogens is 1. The van der Waals surface area contributed by atoms with Gasteiger partial charge in [0.25, 0.3) is 5.91 Å². The molecule has 19 heteroatoms. The number of carbonyl (C=O) groups is 1. The second kappa shape index (κ2) is 9.62. The van der Waals surface area contributed by atoms with Gasteiger partial charge in [-0.25, -0.2) is 14.4 Å². The van der Waals surface area contributed by atoms with Gasteiger partial charge in [-0.2, -0.15) is 16.8 Å². The number of anilines is 1. The quantitative estimate of drug-likeness (QED) is 0.0788. The number of oxime groups is 1. The molecule has 1 aliphatic rings. The molecule has 1 amide bonds. The van der Waals surface area contributed by atoms with Gasteiger partial charge < -0.3 is 15.7 Å². The molecule has 29 heavy (non-hydrogen) atoms. The Labute approximate surface area is 190 Å². The Balaban J connectivity index is 0.00000420. The van der Waals surface area contributed by atoms with E-state index in [2.05, 4.69) is 29.3 Å². The molecule has 2 heterocycles. The minimum absolute atomic E-state index is 0. The molecular formula is C10H13N6NaO9S3. The third-order valence-electron chi connectivity index (χ3n) is 3.19. The average molecular weight is 480 g/mol. The maximum Gasteiger partial charge on any atom is 1.00 e. The van der Waals surface area contributed by atoms with E-state index in [-0.39, 0.29) is 44.7 Å². The zero-order valence-corrected chi connectivity index (χ0v) is 19.3. The number of nitrogens with zero attached hydrogens (tertiary/aromatic N) is 4. The Morgan fingerprint density at radius 1 is 1.45 bits per heavy atom. The first-order chi connectivity index (χ1) is 12.8. The van der Waals surface area contributed by atoms with Crippen LogP contribution in [-0.4, -0.2) is 74.0 Å². The van der Waals surface area contributed by atoms with Crippen molar-refractivity contribution in [2.75, 3.05) is 19.5 Å². The first kappa shape index (κ1) is 25.7. The summed E-state index contributed by atoms with van der Waals surface area (Å²) in [5.41, 5.74) is 5.01. The van der Waals surface area contributed by atoms with E-state index in [0.717, 1.165) is 18.4 Å². The monoisotopic (exact) mass is 480 g/mol. The maximum atomic E-state index is 12.4. The predicted octanol–water partition coefficient (Wildman–Crippen LogP) is -6.56. The van der Waals surface area contributed by atoms with E-state index in [1.54, 1.807) is 0 Å². The number of thiazole rings is 1. The minimum atomic E-state index is -5.07. The molecule has 1 saturated heterocycles. The Morgan fingerprint density at radius 3 is 2.52 bits per heavy atom. The predicted molar refractivity (Wildman–Crippen MR) is 92.5 cm³/mol. The Bertz CT molecular complexity index is 1040. The first-order valence-corrected chi connectivity index (χ1v) is 10.7. The zero-order valence-electron chi connectivity index (χ0n) is 14.8. The molecule has 0 saturated carbocycles. The van der Waals surface area contributed by atoms with Gasteiger partial charge in [-0.05, 0) is 0 Å². The third-order valence-corrected chi connectivity index (χ3v) is 5.28. The summed E-state index contributed by atoms with van der Waals surface area (Å²) in [6.45, 7) is -0.980. The van der Waals surface area contributed by atoms with Crippen molar-refractivity contribution < 1.29 is 69.9 Å². The second-order valence-corrected chi connectivity index (χ2v) is 8.43. The van der Waals surface area contributed by atoms with Crippen molar-refractivity contribution in [1.82, 2.24) is 9.29 Å². The van der Waals surface area contributed by atoms with Crippen molar-refractivity contribution in [3.63, 3.8) is 0 Å². The molecule has 2 atom stereocenters. The van der Waals surface area contributed by atoms with Crippen LogP contribution in [0.3, 0.4) is 0 Å². The molecule has 0 aromatic carbocycles. The third kappa shape index (κ3) is 6.30. The number of nitrogen functional groups attached to an aromatic ring is 1. The van der Waals surface area contributed by atoms with Crippen LogP contribution < -0.4 is 45.5 Å². The summed E-state index contributed by atoms with van der Waals surface area (Å²) in [4.78, 5) is 23.8. The summed E-state index contributed by atoms with van der Waals surface area (Å²) in [5, 5.41) is 21.9. The van der Waals surface area contributed by atoms with Crippen molar-refractivity contribution in [3.05, 3.63) is 11.1 Å². The fraction of sp³-hybridized carbons (Fsp3) is 0.400. The van der Waals surface area contributed by atoms with Crippen LogP contribution in [0, 0.1) is 0 Å². The van der Waals surface area contributed by atoms with Gasteiger partial charge in [0.15, 0.2) is 11.2 Å². The molecule has 1 aromatic heterocycles. The summed E-state index contributed by atoms with van der Waals surface area (Å²) in [6, 6.07) is -3.34. The molecule has 1 fully saturated rings. The van der Waals surface area contributed by atoms with Crippen LogP contribution >= 0.6 is 11.3 Å². The Morgan fingerprint density at radius 2 is 2.07 bits per heavy atom. The van der Waals surface area contributed by atoms with Gasteiger partial charge in [0, 0.05) is 11.3 Å². The van der Waals surface area contributed by atoms with E-state index < -0.39 is 56.8 Å². The van der Waals surface area contributed by atoms with Gasteiger partial charge in [-0.3, -0.25) is 18.5 Å². The van der Waals surface area contributed by atoms with Crippen molar-refractivity contribution in [2.45, 2.75) is 12.1 Å². The van der Waals surface area contributed by atoms with Gasteiger partial charge in [-0.1, -0.05) is 5.16 Å². The van der Waals surface area contributed by atoms with Crippen LogP contribution in [0.15, 0.2) is 15.5 Å². The van der Waals surface area contributed by atoms with Crippen LogP contribution in [0.25, 0.3) is 0 Å². The van der Waals surface area contributed by atoms with Gasteiger partial charge in [0.05, 0.1) is 6.61 Å². The number of carbonyl (C=O) groups excluding carboxylic acids is 1. The molecular weight excluding hydrogens is 467 g/mol. The number of amides is 1. The number of hydrogen-bond donors (Lipinski definition) is 3. The van der Waals surface area contributed by atoms with E-state index >= 15 is 0 Å². The summed E-state index contributed by atoms with van der Waals surface area (Å²) < 4.78 is 57.6. The van der Waals surface area contributed by atoms with Crippen molar-refractivity contribution in [2.24, 2.45) is 15.3 Å². The van der Waals surface area contributed by atoms with Gasteiger partial charge in [0.1, 0.15) is 24.6 Å². The molecule has 0 spiro atoms. The van der Waals surface area contributed by atoms with Gasteiger partial charge in [0.2, 0.25) is 0 Å². The van der Waals surface area contributed by atoms with E-state index in [0.29, 0.717) is 0 Å². The number of rotatable bonds is 8. The number of hydrogen-bond acceptors (Lipinski definition) is 13. The normalized spacial score (nSPS) is 20.8. The molecule has 0 radical (unpaired) electrons. The first-order valence-electron chi connectivity index (χ1n) is 6.90. The molecule has 1 aliphatic heterocycles. The van der Waals surface area contributed by atoms with Crippen LogP contribution in [0.2, 0.25) is 0 Å². The van der Waals surface area contributed by atoms with Crippen LogP contribution in [-0.2, 0) is 34.4 Å². The Kier molecular flexibility index (Phi) is 8.51. The second-order valence-electron chi connectivity index (χ2n) is 5.03. The average Bonchev–Trinajstić information content (AvgIpc) is 2.97. The van der Waals surface area contributed by atoms with Crippen LogP contribution in [0.5, 0.6) is 0 Å². The zero-order chi connectivity index (χ0) is 21.3. The van der Waals surface area contributed by atoms with E-state index in [4.69, 9.17) is 10.3 Å². The van der Waals surface area contributed by atoms with Gasteiger partial charge >= 0.3 is 50.2 Å². The minimum Gasteiger partial charge on any atom is -0.857 e. The number of β-lactam (4-membered cyclic amide) rings is 1. The van der Waals surface area contributed by atoms with E-state index in [9.17, 15) is 26.7 Å². The molecule has 15 nitrogen and oxygen atoms in total. The molecule has 5 N–H and O–H groups in total.